The third-order valence-electron chi connectivity index (χ3n) is 4.39. The lowest BCUT2D eigenvalue weighted by Crippen LogP contribution is -2.37. The zero-order valence-corrected chi connectivity index (χ0v) is 16.5. The molecule has 0 spiro atoms. The number of para-hydroxylation sites is 1. The molecule has 2 rings (SSSR count). The minimum Gasteiger partial charge on any atom is -0.324 e. The molecule has 0 aliphatic heterocycles. The van der Waals surface area contributed by atoms with Crippen LogP contribution in [0.1, 0.15) is 37.5 Å². The molecule has 0 aliphatic carbocycles. The Bertz CT molecular complexity index is 795. The fourth-order valence-corrected chi connectivity index (χ4v) is 3.24. The van der Waals surface area contributed by atoms with E-state index >= 15 is 0 Å². The fraction of sp³-hybridized carbons (Fsp3) is 0.333. The normalized spacial score (nSPS) is 10.5. The van der Waals surface area contributed by atoms with Gasteiger partial charge in [-0.25, -0.2) is 0 Å². The molecule has 0 atom stereocenters. The van der Waals surface area contributed by atoms with Crippen LogP contribution in [0.5, 0.6) is 0 Å². The van der Waals surface area contributed by atoms with E-state index in [-0.39, 0.29) is 18.4 Å². The highest BCUT2D eigenvalue weighted by Gasteiger charge is 2.19. The van der Waals surface area contributed by atoms with E-state index in [0.29, 0.717) is 10.7 Å². The standard InChI is InChI=1S/C21H25ClN2O2/c1-5-16-8-7-9-17(6-2)21(16)23-20(26)13-24(15(4)25)19-11-10-18(22)12-14(19)3/h7-12H,5-6,13H2,1-4H3,(H,23,26). The van der Waals surface area contributed by atoms with Gasteiger partial charge in [0.15, 0.2) is 0 Å². The molecule has 0 heterocycles. The van der Waals surface area contributed by atoms with E-state index < -0.39 is 0 Å². The fourth-order valence-electron chi connectivity index (χ4n) is 3.01. The first-order valence-electron chi connectivity index (χ1n) is 8.82. The molecular formula is C21H25ClN2O2. The third-order valence-corrected chi connectivity index (χ3v) is 4.63. The van der Waals surface area contributed by atoms with Crippen molar-refractivity contribution in [1.29, 1.82) is 0 Å². The number of nitrogens with zero attached hydrogens (tertiary/aromatic N) is 1. The summed E-state index contributed by atoms with van der Waals surface area (Å²) in [5, 5.41) is 3.61. The van der Waals surface area contributed by atoms with Gasteiger partial charge in [-0.05, 0) is 54.7 Å². The van der Waals surface area contributed by atoms with Gasteiger partial charge < -0.3 is 10.2 Å². The molecule has 138 valence electrons. The van der Waals surface area contributed by atoms with Crippen molar-refractivity contribution in [1.82, 2.24) is 0 Å². The summed E-state index contributed by atoms with van der Waals surface area (Å²) in [4.78, 5) is 26.3. The number of hydrogen-bond acceptors (Lipinski definition) is 2. The van der Waals surface area contributed by atoms with Gasteiger partial charge in [-0.1, -0.05) is 43.6 Å². The highest BCUT2D eigenvalue weighted by atomic mass is 35.5. The number of anilines is 2. The molecule has 0 radical (unpaired) electrons. The number of amides is 2. The molecule has 26 heavy (non-hydrogen) atoms. The van der Waals surface area contributed by atoms with Gasteiger partial charge in [-0.15, -0.1) is 0 Å². The highest BCUT2D eigenvalue weighted by Crippen LogP contribution is 2.25. The summed E-state index contributed by atoms with van der Waals surface area (Å²) in [5.74, 6) is -0.407. The van der Waals surface area contributed by atoms with Crippen molar-refractivity contribution < 1.29 is 9.59 Å². The maximum absolute atomic E-state index is 12.7. The lowest BCUT2D eigenvalue weighted by molar-refractivity contribution is -0.120. The average molecular weight is 373 g/mol. The second-order valence-corrected chi connectivity index (χ2v) is 6.68. The van der Waals surface area contributed by atoms with Gasteiger partial charge in [-0.2, -0.15) is 0 Å². The lowest BCUT2D eigenvalue weighted by Gasteiger charge is -2.23. The van der Waals surface area contributed by atoms with Crippen LogP contribution in [0.3, 0.4) is 0 Å². The summed E-state index contributed by atoms with van der Waals surface area (Å²) >= 11 is 6.00. The van der Waals surface area contributed by atoms with E-state index in [2.05, 4.69) is 19.2 Å². The molecule has 0 aliphatic rings. The van der Waals surface area contributed by atoms with Crippen molar-refractivity contribution >= 4 is 34.8 Å². The zero-order valence-electron chi connectivity index (χ0n) is 15.7. The van der Waals surface area contributed by atoms with Crippen LogP contribution in [0, 0.1) is 6.92 Å². The SMILES string of the molecule is CCc1cccc(CC)c1NC(=O)CN(C(C)=O)c1ccc(Cl)cc1C. The Morgan fingerprint density at radius 1 is 1.08 bits per heavy atom. The molecule has 2 aromatic rings. The van der Waals surface area contributed by atoms with E-state index in [1.165, 1.54) is 11.8 Å². The van der Waals surface area contributed by atoms with Crippen LogP contribution >= 0.6 is 11.6 Å². The Kier molecular flexibility index (Phi) is 6.81. The Morgan fingerprint density at radius 3 is 2.19 bits per heavy atom. The van der Waals surface area contributed by atoms with Gasteiger partial charge in [-0.3, -0.25) is 9.59 Å². The van der Waals surface area contributed by atoms with Gasteiger partial charge in [0.05, 0.1) is 0 Å². The maximum Gasteiger partial charge on any atom is 0.244 e. The van der Waals surface area contributed by atoms with Crippen LogP contribution in [-0.4, -0.2) is 18.4 Å². The van der Waals surface area contributed by atoms with Crippen LogP contribution in [0.2, 0.25) is 5.02 Å². The van der Waals surface area contributed by atoms with Crippen LogP contribution in [0.15, 0.2) is 36.4 Å². The van der Waals surface area contributed by atoms with Gasteiger partial charge in [0.1, 0.15) is 6.54 Å². The third kappa shape index (κ3) is 4.64. The van der Waals surface area contributed by atoms with Crippen molar-refractivity contribution in [3.8, 4) is 0 Å². The van der Waals surface area contributed by atoms with E-state index in [0.717, 1.165) is 35.2 Å². The molecule has 2 amide bonds. The minimum atomic E-state index is -0.217. The molecule has 0 fully saturated rings. The maximum atomic E-state index is 12.7. The van der Waals surface area contributed by atoms with Crippen molar-refractivity contribution in [3.05, 3.63) is 58.1 Å². The van der Waals surface area contributed by atoms with Crippen molar-refractivity contribution in [2.45, 2.75) is 40.5 Å². The van der Waals surface area contributed by atoms with E-state index in [1.807, 2.05) is 25.1 Å². The zero-order chi connectivity index (χ0) is 19.3. The topological polar surface area (TPSA) is 49.4 Å². The smallest absolute Gasteiger partial charge is 0.244 e. The van der Waals surface area contributed by atoms with Crippen molar-refractivity contribution in [3.63, 3.8) is 0 Å². The molecule has 0 saturated carbocycles. The Balaban J connectivity index is 2.26. The predicted molar refractivity (Wildman–Crippen MR) is 108 cm³/mol. The first-order valence-corrected chi connectivity index (χ1v) is 9.20. The van der Waals surface area contributed by atoms with Crippen LogP contribution in [0.25, 0.3) is 0 Å². The first-order chi connectivity index (χ1) is 12.4. The van der Waals surface area contributed by atoms with Gasteiger partial charge in [0.25, 0.3) is 0 Å². The van der Waals surface area contributed by atoms with E-state index in [4.69, 9.17) is 11.6 Å². The van der Waals surface area contributed by atoms with Crippen molar-refractivity contribution in [2.24, 2.45) is 0 Å². The molecule has 0 unspecified atom stereocenters. The molecule has 5 heteroatoms. The first kappa shape index (κ1) is 20.0. The van der Waals surface area contributed by atoms with Crippen LogP contribution in [-0.2, 0) is 22.4 Å². The molecule has 0 bridgehead atoms. The molecule has 4 nitrogen and oxygen atoms in total. The second kappa shape index (κ2) is 8.86. The number of hydrogen-bond donors (Lipinski definition) is 1. The number of halogens is 1. The highest BCUT2D eigenvalue weighted by molar-refractivity contribution is 6.30. The second-order valence-electron chi connectivity index (χ2n) is 6.24. The van der Waals surface area contributed by atoms with Crippen LogP contribution < -0.4 is 10.2 Å². The molecule has 0 saturated heterocycles. The van der Waals surface area contributed by atoms with Crippen LogP contribution in [0.4, 0.5) is 11.4 Å². The molecular weight excluding hydrogens is 348 g/mol. The van der Waals surface area contributed by atoms with Gasteiger partial charge >= 0.3 is 0 Å². The lowest BCUT2D eigenvalue weighted by atomic mass is 10.0. The number of carbonyl (C=O) groups excluding carboxylic acids is 2. The monoisotopic (exact) mass is 372 g/mol. The minimum absolute atomic E-state index is 0.0427. The Hall–Kier alpha value is -2.33. The summed E-state index contributed by atoms with van der Waals surface area (Å²) in [6.45, 7) is 7.40. The largest absolute Gasteiger partial charge is 0.324 e. The van der Waals surface area contributed by atoms with Crippen molar-refractivity contribution in [2.75, 3.05) is 16.8 Å². The van der Waals surface area contributed by atoms with Gasteiger partial charge in [0.2, 0.25) is 11.8 Å². The van der Waals surface area contributed by atoms with E-state index in [1.54, 1.807) is 18.2 Å². The predicted octanol–water partition coefficient (Wildman–Crippen LogP) is 4.76. The number of rotatable bonds is 6. The summed E-state index contributed by atoms with van der Waals surface area (Å²) in [5.41, 5.74) is 4.59. The molecule has 2 aromatic carbocycles. The summed E-state index contributed by atoms with van der Waals surface area (Å²) in [6.07, 6.45) is 1.66. The number of carbonyl (C=O) groups is 2. The average Bonchev–Trinajstić information content (AvgIpc) is 2.60. The summed E-state index contributed by atoms with van der Waals surface area (Å²) < 4.78 is 0. The number of nitrogens with one attached hydrogen (secondary N) is 1. The quantitative estimate of drug-likeness (QED) is 0.794. The summed E-state index contributed by atoms with van der Waals surface area (Å²) in [7, 11) is 0. The Morgan fingerprint density at radius 2 is 1.69 bits per heavy atom. The van der Waals surface area contributed by atoms with E-state index in [9.17, 15) is 9.59 Å². The van der Waals surface area contributed by atoms with Gasteiger partial charge in [0, 0.05) is 23.3 Å². The molecule has 0 aromatic heterocycles. The number of benzene rings is 2. The summed E-state index contributed by atoms with van der Waals surface area (Å²) in [6, 6.07) is 11.3. The molecule has 1 N–H and O–H groups in total. The number of aryl methyl sites for hydroxylation is 3. The Labute approximate surface area is 160 Å².